The molecule has 0 radical (unpaired) electrons. The van der Waals surface area contributed by atoms with Crippen molar-refractivity contribution in [2.75, 3.05) is 0 Å². The van der Waals surface area contributed by atoms with Crippen LogP contribution in [0.2, 0.25) is 0 Å². The minimum atomic E-state index is -0.418. The topological polar surface area (TPSA) is 38.7 Å². The Morgan fingerprint density at radius 3 is 2.44 bits per heavy atom. The van der Waals surface area contributed by atoms with E-state index in [1.807, 2.05) is 42.5 Å². The van der Waals surface area contributed by atoms with E-state index in [4.69, 9.17) is 4.74 Å². The number of rotatable bonds is 2. The third-order valence-corrected chi connectivity index (χ3v) is 4.90. The Balaban J connectivity index is 1.78. The van der Waals surface area contributed by atoms with E-state index in [1.54, 1.807) is 6.08 Å². The standard InChI is InChI=1S/C21H14INO2/c1-13-6-7-15(18-5-3-2-4-17(13)18)12-19-21(24)25-20(23-19)14-8-10-16(22)11-9-14/h2-12H,1H3/b19-12-. The molecule has 0 unspecified atom stereocenters. The summed E-state index contributed by atoms with van der Waals surface area (Å²) in [5.41, 5.74) is 3.28. The monoisotopic (exact) mass is 439 g/mol. The van der Waals surface area contributed by atoms with E-state index in [2.05, 4.69) is 52.7 Å². The normalized spacial score (nSPS) is 15.5. The lowest BCUT2D eigenvalue weighted by atomic mass is 10.00. The summed E-state index contributed by atoms with van der Waals surface area (Å²) >= 11 is 2.23. The molecule has 1 heterocycles. The van der Waals surface area contributed by atoms with Crippen LogP contribution < -0.4 is 0 Å². The van der Waals surface area contributed by atoms with Crippen molar-refractivity contribution in [2.24, 2.45) is 4.99 Å². The van der Waals surface area contributed by atoms with Crippen molar-refractivity contribution >= 4 is 51.3 Å². The van der Waals surface area contributed by atoms with Crippen LogP contribution in [-0.2, 0) is 9.53 Å². The highest BCUT2D eigenvalue weighted by molar-refractivity contribution is 14.1. The second-order valence-electron chi connectivity index (χ2n) is 5.86. The number of esters is 1. The van der Waals surface area contributed by atoms with E-state index in [0.29, 0.717) is 11.6 Å². The van der Waals surface area contributed by atoms with Gasteiger partial charge in [0.15, 0.2) is 5.70 Å². The maximum atomic E-state index is 12.2. The van der Waals surface area contributed by atoms with E-state index in [-0.39, 0.29) is 0 Å². The fraction of sp³-hybridized carbons (Fsp3) is 0.0476. The average molecular weight is 439 g/mol. The summed E-state index contributed by atoms with van der Waals surface area (Å²) in [4.78, 5) is 16.6. The number of nitrogens with zero attached hydrogens (tertiary/aromatic N) is 1. The molecule has 0 amide bonds. The zero-order valence-electron chi connectivity index (χ0n) is 13.5. The first-order valence-electron chi connectivity index (χ1n) is 7.89. The Hall–Kier alpha value is -2.47. The molecule has 3 nitrogen and oxygen atoms in total. The molecule has 0 aromatic heterocycles. The predicted octanol–water partition coefficient (Wildman–Crippen LogP) is 5.10. The van der Waals surface area contributed by atoms with Crippen LogP contribution in [0.3, 0.4) is 0 Å². The van der Waals surface area contributed by atoms with Gasteiger partial charge < -0.3 is 4.74 Å². The summed E-state index contributed by atoms with van der Waals surface area (Å²) in [5.74, 6) is -0.0673. The summed E-state index contributed by atoms with van der Waals surface area (Å²) in [6, 6.07) is 19.9. The van der Waals surface area contributed by atoms with Gasteiger partial charge >= 0.3 is 5.97 Å². The molecular formula is C21H14INO2. The number of hydrogen-bond donors (Lipinski definition) is 0. The summed E-state index contributed by atoms with van der Waals surface area (Å²) in [6.45, 7) is 2.08. The molecule has 3 aromatic carbocycles. The summed E-state index contributed by atoms with van der Waals surface area (Å²) in [6.07, 6.45) is 1.80. The molecular weight excluding hydrogens is 425 g/mol. The molecule has 4 heteroatoms. The Kier molecular flexibility index (Phi) is 4.13. The van der Waals surface area contributed by atoms with Crippen LogP contribution in [0.1, 0.15) is 16.7 Å². The van der Waals surface area contributed by atoms with Gasteiger partial charge in [0, 0.05) is 9.13 Å². The molecule has 0 saturated heterocycles. The van der Waals surface area contributed by atoms with Gasteiger partial charge in [-0.05, 0) is 81.8 Å². The van der Waals surface area contributed by atoms with E-state index in [0.717, 1.165) is 20.1 Å². The van der Waals surface area contributed by atoms with Crippen molar-refractivity contribution in [2.45, 2.75) is 6.92 Å². The summed E-state index contributed by atoms with van der Waals surface area (Å²) in [5, 5.41) is 2.27. The molecule has 0 saturated carbocycles. The maximum Gasteiger partial charge on any atom is 0.363 e. The zero-order chi connectivity index (χ0) is 17.4. The van der Waals surface area contributed by atoms with Crippen LogP contribution in [0.15, 0.2) is 71.4 Å². The Labute approximate surface area is 159 Å². The SMILES string of the molecule is Cc1ccc(/C=C2\N=C(c3ccc(I)cc3)OC2=O)c2ccccc12. The van der Waals surface area contributed by atoms with Gasteiger partial charge in [0.25, 0.3) is 0 Å². The first-order chi connectivity index (χ1) is 12.1. The lowest BCUT2D eigenvalue weighted by Crippen LogP contribution is -2.05. The van der Waals surface area contributed by atoms with Gasteiger partial charge in [-0.15, -0.1) is 0 Å². The van der Waals surface area contributed by atoms with Gasteiger partial charge in [0.2, 0.25) is 5.90 Å². The number of hydrogen-bond acceptors (Lipinski definition) is 3. The number of cyclic esters (lactones) is 1. The third-order valence-electron chi connectivity index (χ3n) is 4.18. The largest absolute Gasteiger partial charge is 0.402 e. The maximum absolute atomic E-state index is 12.2. The quantitative estimate of drug-likeness (QED) is 0.317. The second kappa shape index (κ2) is 6.44. The van der Waals surface area contributed by atoms with Crippen LogP contribution in [-0.4, -0.2) is 11.9 Å². The van der Waals surface area contributed by atoms with Crippen LogP contribution in [0.4, 0.5) is 0 Å². The van der Waals surface area contributed by atoms with E-state index >= 15 is 0 Å². The van der Waals surface area contributed by atoms with Crippen molar-refractivity contribution < 1.29 is 9.53 Å². The van der Waals surface area contributed by atoms with Gasteiger partial charge in [0.1, 0.15) is 0 Å². The molecule has 1 aliphatic heterocycles. The van der Waals surface area contributed by atoms with Crippen LogP contribution >= 0.6 is 22.6 Å². The second-order valence-corrected chi connectivity index (χ2v) is 7.11. The molecule has 0 spiro atoms. The Morgan fingerprint density at radius 1 is 0.960 bits per heavy atom. The van der Waals surface area contributed by atoms with E-state index in [9.17, 15) is 4.79 Å². The highest BCUT2D eigenvalue weighted by Crippen LogP contribution is 2.26. The number of carbonyl (C=O) groups excluding carboxylic acids is 1. The van der Waals surface area contributed by atoms with Crippen molar-refractivity contribution in [3.8, 4) is 0 Å². The first kappa shape index (κ1) is 16.0. The van der Waals surface area contributed by atoms with Crippen molar-refractivity contribution in [3.05, 3.63) is 86.6 Å². The highest BCUT2D eigenvalue weighted by Gasteiger charge is 2.24. The van der Waals surface area contributed by atoms with E-state index in [1.165, 1.54) is 10.9 Å². The van der Waals surface area contributed by atoms with Crippen LogP contribution in [0.25, 0.3) is 16.8 Å². The van der Waals surface area contributed by atoms with Gasteiger partial charge in [-0.2, -0.15) is 0 Å². The van der Waals surface area contributed by atoms with E-state index < -0.39 is 5.97 Å². The molecule has 3 aromatic rings. The molecule has 25 heavy (non-hydrogen) atoms. The van der Waals surface area contributed by atoms with Crippen molar-refractivity contribution in [1.82, 2.24) is 0 Å². The molecule has 0 fully saturated rings. The average Bonchev–Trinajstić information content (AvgIpc) is 2.99. The first-order valence-corrected chi connectivity index (χ1v) is 8.96. The lowest BCUT2D eigenvalue weighted by Gasteiger charge is -2.05. The lowest BCUT2D eigenvalue weighted by molar-refractivity contribution is -0.129. The van der Waals surface area contributed by atoms with Gasteiger partial charge in [-0.1, -0.05) is 36.4 Å². The van der Waals surface area contributed by atoms with Crippen molar-refractivity contribution in [3.63, 3.8) is 0 Å². The van der Waals surface area contributed by atoms with Gasteiger partial charge in [-0.3, -0.25) is 0 Å². The smallest absolute Gasteiger partial charge is 0.363 e. The Morgan fingerprint density at radius 2 is 1.68 bits per heavy atom. The number of aliphatic imine (C=N–C) groups is 1. The van der Waals surface area contributed by atoms with Crippen LogP contribution in [0, 0.1) is 10.5 Å². The van der Waals surface area contributed by atoms with Crippen molar-refractivity contribution in [1.29, 1.82) is 0 Å². The highest BCUT2D eigenvalue weighted by atomic mass is 127. The molecule has 0 aliphatic carbocycles. The number of halogens is 1. The Bertz CT molecular complexity index is 1050. The number of aryl methyl sites for hydroxylation is 1. The number of benzene rings is 3. The number of ether oxygens (including phenoxy) is 1. The summed E-state index contributed by atoms with van der Waals surface area (Å²) < 4.78 is 6.47. The molecule has 0 atom stereocenters. The molecule has 122 valence electrons. The van der Waals surface area contributed by atoms with Crippen LogP contribution in [0.5, 0.6) is 0 Å². The fourth-order valence-corrected chi connectivity index (χ4v) is 3.23. The minimum Gasteiger partial charge on any atom is -0.402 e. The molecule has 0 N–H and O–H groups in total. The minimum absolute atomic E-state index is 0.322. The third kappa shape index (κ3) is 3.09. The van der Waals surface area contributed by atoms with Gasteiger partial charge in [0.05, 0.1) is 0 Å². The molecule has 4 rings (SSSR count). The summed E-state index contributed by atoms with van der Waals surface area (Å²) in [7, 11) is 0. The molecule has 0 bridgehead atoms. The number of carbonyl (C=O) groups is 1. The predicted molar refractivity (Wildman–Crippen MR) is 108 cm³/mol. The zero-order valence-corrected chi connectivity index (χ0v) is 15.7. The van der Waals surface area contributed by atoms with Gasteiger partial charge in [-0.25, -0.2) is 9.79 Å². The molecule has 1 aliphatic rings. The fourth-order valence-electron chi connectivity index (χ4n) is 2.87. The number of fused-ring (bicyclic) bond motifs is 1.